The third-order valence-electron chi connectivity index (χ3n) is 4.70. The summed E-state index contributed by atoms with van der Waals surface area (Å²) < 4.78 is 11.0. The smallest absolute Gasteiger partial charge is 0.166 e. The van der Waals surface area contributed by atoms with Crippen LogP contribution in [0.4, 0.5) is 0 Å². The van der Waals surface area contributed by atoms with E-state index in [4.69, 9.17) is 9.47 Å². The fourth-order valence-corrected chi connectivity index (χ4v) is 3.14. The summed E-state index contributed by atoms with van der Waals surface area (Å²) in [6, 6.07) is 11.1. The van der Waals surface area contributed by atoms with Crippen LogP contribution in [0.15, 0.2) is 36.4 Å². The molecule has 25 heavy (non-hydrogen) atoms. The number of carbonyl (C=O) groups is 1. The van der Waals surface area contributed by atoms with Gasteiger partial charge in [0, 0.05) is 12.0 Å². The molecular formula is C21H24O4. The molecule has 1 aliphatic heterocycles. The lowest BCUT2D eigenvalue weighted by molar-refractivity contribution is 0.0835. The third-order valence-corrected chi connectivity index (χ3v) is 4.70. The van der Waals surface area contributed by atoms with Crippen LogP contribution in [0.25, 0.3) is 0 Å². The maximum absolute atomic E-state index is 12.5. The molecular weight excluding hydrogens is 316 g/mol. The van der Waals surface area contributed by atoms with E-state index < -0.39 is 0 Å². The molecule has 0 unspecified atom stereocenters. The minimum atomic E-state index is -0.237. The van der Waals surface area contributed by atoms with Gasteiger partial charge in [-0.3, -0.25) is 4.79 Å². The highest BCUT2D eigenvalue weighted by molar-refractivity contribution is 5.99. The molecule has 0 aliphatic carbocycles. The summed E-state index contributed by atoms with van der Waals surface area (Å²) in [5.74, 6) is 1.50. The number of phenols is 1. The molecule has 4 nitrogen and oxygen atoms in total. The number of ketones is 1. The number of rotatable bonds is 5. The third kappa shape index (κ3) is 3.78. The Bertz CT molecular complexity index is 775. The molecule has 0 saturated heterocycles. The Morgan fingerprint density at radius 1 is 1.20 bits per heavy atom. The molecule has 0 saturated carbocycles. The first-order chi connectivity index (χ1) is 11.9. The van der Waals surface area contributed by atoms with Crippen LogP contribution in [0.2, 0.25) is 0 Å². The summed E-state index contributed by atoms with van der Waals surface area (Å²) in [6.07, 6.45) is 2.51. The van der Waals surface area contributed by atoms with Crippen molar-refractivity contribution < 1.29 is 19.4 Å². The number of carbonyl (C=O) groups excluding carboxylic acids is 1. The normalized spacial score (nSPS) is 15.2. The van der Waals surface area contributed by atoms with Crippen molar-refractivity contribution in [2.24, 2.45) is 0 Å². The second-order valence-corrected chi connectivity index (χ2v) is 7.07. The largest absolute Gasteiger partial charge is 0.507 e. The van der Waals surface area contributed by atoms with Gasteiger partial charge in [-0.15, -0.1) is 0 Å². The van der Waals surface area contributed by atoms with Gasteiger partial charge in [0.25, 0.3) is 0 Å². The lowest BCUT2D eigenvalue weighted by Crippen LogP contribution is -2.32. The lowest BCUT2D eigenvalue weighted by Gasteiger charge is -2.33. The predicted molar refractivity (Wildman–Crippen MR) is 96.8 cm³/mol. The molecule has 1 heterocycles. The van der Waals surface area contributed by atoms with Crippen molar-refractivity contribution in [2.75, 3.05) is 7.11 Å². The predicted octanol–water partition coefficient (Wildman–Crippen LogP) is 4.32. The van der Waals surface area contributed by atoms with Crippen molar-refractivity contribution >= 4 is 5.78 Å². The van der Waals surface area contributed by atoms with E-state index in [1.807, 2.05) is 38.1 Å². The number of aryl methyl sites for hydroxylation is 1. The van der Waals surface area contributed by atoms with Crippen molar-refractivity contribution in [3.63, 3.8) is 0 Å². The van der Waals surface area contributed by atoms with E-state index in [0.717, 1.165) is 23.3 Å². The van der Waals surface area contributed by atoms with Crippen molar-refractivity contribution in [3.05, 3.63) is 53.1 Å². The molecule has 2 aromatic carbocycles. The Kier molecular flexibility index (Phi) is 4.71. The fraction of sp³-hybridized carbons (Fsp3) is 0.381. The first-order valence-corrected chi connectivity index (χ1v) is 8.59. The Morgan fingerprint density at radius 3 is 2.60 bits per heavy atom. The summed E-state index contributed by atoms with van der Waals surface area (Å²) in [5, 5.41) is 10.5. The fourth-order valence-electron chi connectivity index (χ4n) is 3.14. The van der Waals surface area contributed by atoms with Gasteiger partial charge >= 0.3 is 0 Å². The Morgan fingerprint density at radius 2 is 1.92 bits per heavy atom. The van der Waals surface area contributed by atoms with Crippen LogP contribution in [-0.4, -0.2) is 23.6 Å². The zero-order valence-electron chi connectivity index (χ0n) is 15.0. The van der Waals surface area contributed by atoms with Gasteiger partial charge in [0.1, 0.15) is 22.8 Å². The molecule has 0 bridgehead atoms. The molecule has 132 valence electrons. The number of Topliss-reactive ketones (excluding diaryl/α,β-unsaturated/α-hetero) is 1. The van der Waals surface area contributed by atoms with Crippen LogP contribution in [0.3, 0.4) is 0 Å². The van der Waals surface area contributed by atoms with E-state index in [1.54, 1.807) is 19.2 Å². The molecule has 3 rings (SSSR count). The van der Waals surface area contributed by atoms with Crippen molar-refractivity contribution in [1.29, 1.82) is 0 Å². The van der Waals surface area contributed by atoms with Crippen molar-refractivity contribution in [2.45, 2.75) is 45.1 Å². The van der Waals surface area contributed by atoms with E-state index in [1.165, 1.54) is 0 Å². The highest BCUT2D eigenvalue weighted by Gasteiger charge is 2.29. The van der Waals surface area contributed by atoms with Gasteiger partial charge in [-0.1, -0.05) is 12.1 Å². The number of hydrogen-bond acceptors (Lipinski definition) is 4. The summed E-state index contributed by atoms with van der Waals surface area (Å²) in [5.41, 5.74) is 1.96. The van der Waals surface area contributed by atoms with Gasteiger partial charge in [-0.2, -0.15) is 0 Å². The summed E-state index contributed by atoms with van der Waals surface area (Å²) in [7, 11) is 1.63. The van der Waals surface area contributed by atoms with E-state index in [-0.39, 0.29) is 17.1 Å². The first kappa shape index (κ1) is 17.3. The number of hydrogen-bond donors (Lipinski definition) is 1. The molecule has 0 aromatic heterocycles. The standard InChI is InChI=1S/C21H24O4/c1-21(2)13-12-17-19(25-21)11-9-16(20(17)23)18(22)10-6-14-4-7-15(24-3)8-5-14/h4-5,7-9,11,23H,6,10,12-13H2,1-3H3. The van der Waals surface area contributed by atoms with Gasteiger partial charge in [0.05, 0.1) is 12.7 Å². The average molecular weight is 340 g/mol. The molecule has 0 amide bonds. The maximum atomic E-state index is 12.5. The molecule has 0 spiro atoms. The Balaban J connectivity index is 1.72. The van der Waals surface area contributed by atoms with Gasteiger partial charge in [-0.25, -0.2) is 0 Å². The highest BCUT2D eigenvalue weighted by atomic mass is 16.5. The van der Waals surface area contributed by atoms with Crippen LogP contribution >= 0.6 is 0 Å². The summed E-state index contributed by atoms with van der Waals surface area (Å²) in [6.45, 7) is 4.06. The number of fused-ring (bicyclic) bond motifs is 1. The van der Waals surface area contributed by atoms with Crippen LogP contribution in [0.1, 0.15) is 48.2 Å². The van der Waals surface area contributed by atoms with Crippen molar-refractivity contribution in [3.8, 4) is 17.2 Å². The molecule has 4 heteroatoms. The average Bonchev–Trinajstić information content (AvgIpc) is 2.59. The lowest BCUT2D eigenvalue weighted by atomic mass is 9.91. The van der Waals surface area contributed by atoms with Crippen LogP contribution in [0, 0.1) is 0 Å². The quantitative estimate of drug-likeness (QED) is 0.824. The van der Waals surface area contributed by atoms with E-state index in [0.29, 0.717) is 30.6 Å². The molecule has 1 N–H and O–H groups in total. The molecule has 0 radical (unpaired) electrons. The summed E-state index contributed by atoms with van der Waals surface area (Å²) >= 11 is 0. The number of methoxy groups -OCH3 is 1. The first-order valence-electron chi connectivity index (χ1n) is 8.59. The number of aromatic hydroxyl groups is 1. The van der Waals surface area contributed by atoms with Crippen LogP contribution in [0.5, 0.6) is 17.2 Å². The molecule has 2 aromatic rings. The number of benzene rings is 2. The van der Waals surface area contributed by atoms with Gasteiger partial charge in [0.2, 0.25) is 0 Å². The van der Waals surface area contributed by atoms with E-state index >= 15 is 0 Å². The van der Waals surface area contributed by atoms with Gasteiger partial charge < -0.3 is 14.6 Å². The maximum Gasteiger partial charge on any atom is 0.166 e. The van der Waals surface area contributed by atoms with Crippen molar-refractivity contribution in [1.82, 2.24) is 0 Å². The van der Waals surface area contributed by atoms with E-state index in [9.17, 15) is 9.90 Å². The van der Waals surface area contributed by atoms with Crippen LogP contribution < -0.4 is 9.47 Å². The van der Waals surface area contributed by atoms with Crippen LogP contribution in [-0.2, 0) is 12.8 Å². The second kappa shape index (κ2) is 6.79. The molecule has 0 atom stereocenters. The number of ether oxygens (including phenoxy) is 2. The molecule has 1 aliphatic rings. The number of phenolic OH excluding ortho intramolecular Hbond substituents is 1. The Hall–Kier alpha value is -2.49. The zero-order valence-corrected chi connectivity index (χ0v) is 15.0. The monoisotopic (exact) mass is 340 g/mol. The Labute approximate surface area is 148 Å². The highest BCUT2D eigenvalue weighted by Crippen LogP contribution is 2.40. The van der Waals surface area contributed by atoms with E-state index in [2.05, 4.69) is 0 Å². The SMILES string of the molecule is COc1ccc(CCC(=O)c2ccc3c(c2O)CCC(C)(C)O3)cc1. The topological polar surface area (TPSA) is 55.8 Å². The minimum Gasteiger partial charge on any atom is -0.507 e. The van der Waals surface area contributed by atoms with Gasteiger partial charge in [-0.05, 0) is 62.9 Å². The summed E-state index contributed by atoms with van der Waals surface area (Å²) in [4.78, 5) is 12.5. The zero-order chi connectivity index (χ0) is 18.0. The minimum absolute atomic E-state index is 0.0547. The second-order valence-electron chi connectivity index (χ2n) is 7.07. The van der Waals surface area contributed by atoms with Gasteiger partial charge in [0.15, 0.2) is 5.78 Å². The molecule has 0 fully saturated rings.